The van der Waals surface area contributed by atoms with E-state index < -0.39 is 66.0 Å². The molecule has 0 spiro atoms. The smallest absolute Gasteiger partial charge is 0.744 e. The molecule has 0 saturated heterocycles. The fourth-order valence-corrected chi connectivity index (χ4v) is 7.80. The molecule has 0 bridgehead atoms. The van der Waals surface area contributed by atoms with Gasteiger partial charge in [-0.15, -0.1) is 0 Å². The maximum absolute atomic E-state index is 11.9. The summed E-state index contributed by atoms with van der Waals surface area (Å²) in [6, 6.07) is 15.0. The molecular weight excluding hydrogens is 912 g/mol. The van der Waals surface area contributed by atoms with Crippen LogP contribution in [-0.4, -0.2) is 72.8 Å². The second-order valence-corrected chi connectivity index (χ2v) is 16.5. The summed E-state index contributed by atoms with van der Waals surface area (Å²) in [7, 11) is -20.9. The molecule has 5 aromatic carbocycles. The zero-order valence-electron chi connectivity index (χ0n) is 31.3. The Hall–Kier alpha value is -0.860. The number of carbonyl (C=O) groups is 1. The van der Waals surface area contributed by atoms with Crippen molar-refractivity contribution in [3.8, 4) is 0 Å². The van der Waals surface area contributed by atoms with Gasteiger partial charge in [-0.2, -0.15) is 9.97 Å². The minimum absolute atomic E-state index is 0. The van der Waals surface area contributed by atoms with Crippen molar-refractivity contribution in [3.63, 3.8) is 0 Å². The number of carbonyl (C=O) groups excluding carboxylic acids is 1. The number of nitrogens with zero attached hydrogens (tertiary/aromatic N) is 3. The molecule has 1 heterocycles. The average molecular weight is 929 g/mol. The van der Waals surface area contributed by atoms with Crippen LogP contribution in [0.5, 0.6) is 0 Å². The molecule has 280 valence electrons. The topological polar surface area (TPSA) is 347 Å². The van der Waals surface area contributed by atoms with E-state index in [0.29, 0.717) is 12.1 Å². The number of carboxylic acids is 1. The van der Waals surface area contributed by atoms with Gasteiger partial charge in [0.2, 0.25) is 11.9 Å². The number of hydrogen-bond donors (Lipinski definition) is 3. The van der Waals surface area contributed by atoms with Crippen molar-refractivity contribution >= 4 is 96.9 Å². The quantitative estimate of drug-likeness (QED) is 0.0848. The summed E-state index contributed by atoms with van der Waals surface area (Å²) in [4.78, 5) is 22.9. The van der Waals surface area contributed by atoms with Gasteiger partial charge in [0.15, 0.2) is 0 Å². The fourth-order valence-electron chi connectivity index (χ4n) is 5.13. The van der Waals surface area contributed by atoms with Gasteiger partial charge in [0.05, 0.1) is 31.2 Å². The molecule has 6 aromatic rings. The third-order valence-electron chi connectivity index (χ3n) is 7.39. The van der Waals surface area contributed by atoms with Crippen LogP contribution in [0.25, 0.3) is 21.5 Å². The van der Waals surface area contributed by atoms with Crippen molar-refractivity contribution in [2.24, 2.45) is 4.99 Å². The van der Waals surface area contributed by atoms with E-state index in [1.165, 1.54) is 42.5 Å². The Bertz CT molecular complexity index is 2950. The Morgan fingerprint density at radius 1 is 0.559 bits per heavy atom. The zero-order chi connectivity index (χ0) is 39.4. The molecule has 0 amide bonds. The molecule has 0 aliphatic rings. The van der Waals surface area contributed by atoms with E-state index in [4.69, 9.17) is 0 Å². The molecule has 0 unspecified atom stereocenters. The van der Waals surface area contributed by atoms with Gasteiger partial charge in [0, 0.05) is 11.4 Å². The van der Waals surface area contributed by atoms with Gasteiger partial charge in [0.25, 0.3) is 5.62 Å². The van der Waals surface area contributed by atoms with Crippen molar-refractivity contribution in [2.45, 2.75) is 19.6 Å². The summed E-state index contributed by atoms with van der Waals surface area (Å²) in [6.45, 7) is 0. The minimum atomic E-state index is -5.25. The minimum Gasteiger partial charge on any atom is -0.744 e. The predicted octanol–water partition coefficient (Wildman–Crippen LogP) is -14.2. The monoisotopic (exact) mass is 928 g/mol. The molecule has 0 atom stereocenters. The van der Waals surface area contributed by atoms with Gasteiger partial charge < -0.3 is 38.7 Å². The molecule has 0 aliphatic heterocycles. The van der Waals surface area contributed by atoms with E-state index in [0.717, 1.165) is 30.3 Å². The Labute approximate surface area is 446 Å². The molecular formula is C30H17N6Na5O14S4. The zero-order valence-corrected chi connectivity index (χ0v) is 44.5. The number of aromatic amines is 1. The summed E-state index contributed by atoms with van der Waals surface area (Å²) in [6.07, 6.45) is 0. The summed E-state index contributed by atoms with van der Waals surface area (Å²) in [5.74, 6) is -1.88. The summed E-state index contributed by atoms with van der Waals surface area (Å²) in [5.41, 5.74) is -0.375. The van der Waals surface area contributed by atoms with E-state index in [9.17, 15) is 61.8 Å². The van der Waals surface area contributed by atoms with Gasteiger partial charge in [-0.05, 0) is 87.8 Å². The summed E-state index contributed by atoms with van der Waals surface area (Å²) in [5, 5.41) is 16.3. The van der Waals surface area contributed by atoms with Crippen LogP contribution in [0, 0.1) is 0 Å². The number of anilines is 4. The van der Waals surface area contributed by atoms with Crippen LogP contribution in [0.2, 0.25) is 0 Å². The number of aromatic carboxylic acids is 1. The molecule has 1 aromatic heterocycles. The SMILES string of the molecule is O=C([O-])c1cccc(N=c2nc(Nc3ccc4c(S(=O)(=O)[O-])cc(S(=O)(=O)[O-])cc4c3)[nH]c(Nc3ccc4c(S(=O)(=O)[O-])cc(S(=O)(=O)[O-])cc4c3)n2)c1.[Na+].[Na+].[Na+].[Na+].[Na+]. The second-order valence-electron chi connectivity index (χ2n) is 11.1. The standard InChI is InChI=1S/C30H22N6O14S4.5Na/c37-27(38)15-2-1-3-18(8-15)31-28-34-29(32-19-4-6-23-16(9-19)11-21(51(39,40)41)13-25(23)53(45,46)47)36-30(35-28)33-20-5-7-24-17(10-20)12-22(52(42,43)44)14-26(24)54(48,49)50;;;;;/h1-14H,(H,37,38)(H,39,40,41)(H,42,43,44)(H,45,46,47)(H,48,49,50)(H3,31,32,33,34,35,36);;;;;/q;5*+1/p-5. The fraction of sp³-hybridized carbons (Fsp3) is 0. The number of H-pyrrole nitrogens is 1. The van der Waals surface area contributed by atoms with E-state index in [1.807, 2.05) is 0 Å². The first-order chi connectivity index (χ1) is 25.0. The summed E-state index contributed by atoms with van der Waals surface area (Å²) >= 11 is 0. The Morgan fingerprint density at radius 3 is 1.36 bits per heavy atom. The van der Waals surface area contributed by atoms with Gasteiger partial charge in [-0.25, -0.2) is 38.7 Å². The third-order valence-corrected chi connectivity index (χ3v) is 10.8. The van der Waals surface area contributed by atoms with Crippen LogP contribution < -0.4 is 169 Å². The number of fused-ring (bicyclic) bond motifs is 2. The van der Waals surface area contributed by atoms with Crippen molar-refractivity contribution in [2.75, 3.05) is 10.6 Å². The van der Waals surface area contributed by atoms with Crippen molar-refractivity contribution in [1.82, 2.24) is 15.0 Å². The van der Waals surface area contributed by atoms with Crippen molar-refractivity contribution in [3.05, 3.63) is 96.1 Å². The molecule has 0 radical (unpaired) electrons. The molecule has 59 heavy (non-hydrogen) atoms. The largest absolute Gasteiger partial charge is 1.00 e. The number of rotatable bonds is 10. The Morgan fingerprint density at radius 2 is 0.983 bits per heavy atom. The molecule has 6 rings (SSSR count). The predicted molar refractivity (Wildman–Crippen MR) is 179 cm³/mol. The first kappa shape index (κ1) is 56.2. The molecule has 0 aliphatic carbocycles. The van der Waals surface area contributed by atoms with Gasteiger partial charge >= 0.3 is 148 Å². The van der Waals surface area contributed by atoms with Crippen LogP contribution in [0.3, 0.4) is 0 Å². The first-order valence-electron chi connectivity index (χ1n) is 14.4. The van der Waals surface area contributed by atoms with Crippen LogP contribution in [-0.2, 0) is 40.5 Å². The van der Waals surface area contributed by atoms with Gasteiger partial charge in [-0.1, -0.05) is 24.3 Å². The maximum Gasteiger partial charge on any atom is 1.00 e. The summed E-state index contributed by atoms with van der Waals surface area (Å²) < 4.78 is 142. The molecule has 20 nitrogen and oxygen atoms in total. The van der Waals surface area contributed by atoms with E-state index in [-0.39, 0.29) is 209 Å². The molecule has 0 saturated carbocycles. The van der Waals surface area contributed by atoms with E-state index >= 15 is 0 Å². The molecule has 29 heteroatoms. The average Bonchev–Trinajstić information content (AvgIpc) is 3.05. The van der Waals surface area contributed by atoms with Gasteiger partial charge in [-0.3, -0.25) is 4.98 Å². The Kier molecular flexibility index (Phi) is 20.6. The number of aromatic nitrogens is 3. The number of nitrogens with one attached hydrogen (secondary N) is 3. The van der Waals surface area contributed by atoms with Crippen molar-refractivity contribution in [1.29, 1.82) is 0 Å². The van der Waals surface area contributed by atoms with Crippen LogP contribution in [0.1, 0.15) is 10.4 Å². The van der Waals surface area contributed by atoms with Crippen LogP contribution in [0.4, 0.5) is 29.0 Å². The van der Waals surface area contributed by atoms with E-state index in [2.05, 4.69) is 30.6 Å². The molecule has 0 fully saturated rings. The van der Waals surface area contributed by atoms with E-state index in [1.54, 1.807) is 0 Å². The third kappa shape index (κ3) is 14.1. The second kappa shape index (κ2) is 21.7. The maximum atomic E-state index is 11.9. The number of hydrogen-bond acceptors (Lipinski definition) is 19. The van der Waals surface area contributed by atoms with Crippen molar-refractivity contribution < 1.29 is 210 Å². The molecule has 3 N–H and O–H groups in total. The first-order valence-corrected chi connectivity index (χ1v) is 20.1. The normalized spacial score (nSPS) is 11.4. The number of carboxylic acid groups (broad SMARTS) is 1. The van der Waals surface area contributed by atoms with Crippen LogP contribution in [0.15, 0.2) is 110 Å². The van der Waals surface area contributed by atoms with Gasteiger partial charge in [0.1, 0.15) is 40.5 Å². The Balaban J connectivity index is 0.00000348. The van der Waals surface area contributed by atoms with Crippen LogP contribution >= 0.6 is 0 Å². The number of benzene rings is 5.